The van der Waals surface area contributed by atoms with Gasteiger partial charge in [0, 0.05) is 16.6 Å². The fraction of sp³-hybridized carbons (Fsp3) is 0.444. The average Bonchev–Trinajstić information content (AvgIpc) is 2.83. The van der Waals surface area contributed by atoms with E-state index >= 15 is 0 Å². The highest BCUT2D eigenvalue weighted by molar-refractivity contribution is 6.35. The van der Waals surface area contributed by atoms with E-state index < -0.39 is 0 Å². The van der Waals surface area contributed by atoms with Gasteiger partial charge in [0.15, 0.2) is 0 Å². The molecule has 0 atom stereocenters. The molecule has 126 valence electrons. The molecule has 1 saturated carbocycles. The molecule has 0 aliphatic heterocycles. The maximum Gasteiger partial charge on any atom is 0.135 e. The highest BCUT2D eigenvalue weighted by Crippen LogP contribution is 2.31. The number of nitrogens with one attached hydrogen (secondary N) is 1. The number of halogens is 3. The fourth-order valence-electron chi connectivity index (χ4n) is 3.03. The third-order valence-electron chi connectivity index (χ3n) is 4.28. The Kier molecular flexibility index (Phi) is 7.29. The summed E-state index contributed by atoms with van der Waals surface area (Å²) in [4.78, 5) is 0. The van der Waals surface area contributed by atoms with Crippen LogP contribution in [-0.4, -0.2) is 6.04 Å². The Morgan fingerprint density at radius 3 is 2.48 bits per heavy atom. The Morgan fingerprint density at radius 1 is 1.00 bits per heavy atom. The lowest BCUT2D eigenvalue weighted by Crippen LogP contribution is -2.27. The van der Waals surface area contributed by atoms with Crippen LogP contribution in [0.3, 0.4) is 0 Å². The smallest absolute Gasteiger partial charge is 0.135 e. The minimum absolute atomic E-state index is 0. The molecule has 1 aromatic carbocycles. The van der Waals surface area contributed by atoms with Crippen molar-refractivity contribution >= 4 is 35.6 Å². The summed E-state index contributed by atoms with van der Waals surface area (Å²) >= 11 is 12.3. The van der Waals surface area contributed by atoms with Crippen molar-refractivity contribution in [3.05, 3.63) is 46.1 Å². The normalized spacial score (nSPS) is 15.9. The van der Waals surface area contributed by atoms with Crippen molar-refractivity contribution in [2.24, 2.45) is 0 Å². The van der Waals surface area contributed by atoms with Gasteiger partial charge in [-0.3, -0.25) is 0 Å². The van der Waals surface area contributed by atoms with E-state index in [1.54, 1.807) is 12.1 Å². The van der Waals surface area contributed by atoms with Gasteiger partial charge in [0.05, 0.1) is 11.6 Å². The largest absolute Gasteiger partial charge is 0.460 e. The number of hydrogen-bond donors (Lipinski definition) is 1. The summed E-state index contributed by atoms with van der Waals surface area (Å²) in [5, 5.41) is 4.93. The number of hydrogen-bond acceptors (Lipinski definition) is 2. The third kappa shape index (κ3) is 5.15. The number of furan rings is 1. The van der Waals surface area contributed by atoms with Crippen molar-refractivity contribution in [3.63, 3.8) is 0 Å². The Labute approximate surface area is 154 Å². The molecule has 1 aromatic heterocycles. The minimum Gasteiger partial charge on any atom is -0.460 e. The second kappa shape index (κ2) is 8.98. The van der Waals surface area contributed by atoms with Gasteiger partial charge < -0.3 is 9.73 Å². The van der Waals surface area contributed by atoms with Crippen LogP contribution >= 0.6 is 35.6 Å². The summed E-state index contributed by atoms with van der Waals surface area (Å²) in [5.41, 5.74) is 0.842. The Morgan fingerprint density at radius 2 is 1.74 bits per heavy atom. The fourth-order valence-corrected chi connectivity index (χ4v) is 3.42. The van der Waals surface area contributed by atoms with Gasteiger partial charge in [-0.15, -0.1) is 12.4 Å². The molecule has 0 radical (unpaired) electrons. The van der Waals surface area contributed by atoms with E-state index in [1.807, 2.05) is 18.2 Å². The van der Waals surface area contributed by atoms with E-state index in [0.717, 1.165) is 23.6 Å². The standard InChI is InChI=1S/C18H21Cl2NO.ClH/c19-13-7-9-17(20)16(11-13)18-10-8-15(22-18)12-21-14-5-3-1-2-4-6-14;/h7-11,14,21H,1-6,12H2;1H. The summed E-state index contributed by atoms with van der Waals surface area (Å²) in [7, 11) is 0. The molecule has 0 spiro atoms. The van der Waals surface area contributed by atoms with E-state index in [1.165, 1.54) is 38.5 Å². The predicted octanol–water partition coefficient (Wildman–Crippen LogP) is 6.49. The lowest BCUT2D eigenvalue weighted by atomic mass is 10.1. The second-order valence-electron chi connectivity index (χ2n) is 5.96. The monoisotopic (exact) mass is 373 g/mol. The molecule has 1 aliphatic rings. The number of rotatable bonds is 4. The highest BCUT2D eigenvalue weighted by Gasteiger charge is 2.13. The number of benzene rings is 1. The zero-order valence-electron chi connectivity index (χ0n) is 13.0. The van der Waals surface area contributed by atoms with Crippen LogP contribution in [-0.2, 0) is 6.54 Å². The summed E-state index contributed by atoms with van der Waals surface area (Å²) in [6.45, 7) is 0.767. The lowest BCUT2D eigenvalue weighted by Gasteiger charge is -2.14. The van der Waals surface area contributed by atoms with Crippen LogP contribution in [0.15, 0.2) is 34.7 Å². The Balaban J connectivity index is 0.00000192. The first-order chi connectivity index (χ1) is 10.7. The Hall–Kier alpha value is -0.670. The Bertz CT molecular complexity index is 618. The minimum atomic E-state index is 0. The van der Waals surface area contributed by atoms with E-state index in [0.29, 0.717) is 16.1 Å². The van der Waals surface area contributed by atoms with Gasteiger partial charge in [-0.1, -0.05) is 48.9 Å². The zero-order chi connectivity index (χ0) is 15.4. The second-order valence-corrected chi connectivity index (χ2v) is 6.80. The molecule has 1 heterocycles. The first-order valence-electron chi connectivity index (χ1n) is 8.00. The molecule has 0 amide bonds. The molecule has 2 nitrogen and oxygen atoms in total. The molecule has 3 rings (SSSR count). The summed E-state index contributed by atoms with van der Waals surface area (Å²) < 4.78 is 5.92. The van der Waals surface area contributed by atoms with Gasteiger partial charge in [-0.2, -0.15) is 0 Å². The SMILES string of the molecule is Cl.Clc1ccc(Cl)c(-c2ccc(CNC3CCCCCC3)o2)c1. The molecular weight excluding hydrogens is 353 g/mol. The van der Waals surface area contributed by atoms with E-state index in [-0.39, 0.29) is 12.4 Å². The van der Waals surface area contributed by atoms with E-state index in [9.17, 15) is 0 Å². The first-order valence-corrected chi connectivity index (χ1v) is 8.75. The topological polar surface area (TPSA) is 25.2 Å². The summed E-state index contributed by atoms with van der Waals surface area (Å²) in [5.74, 6) is 1.71. The molecule has 1 N–H and O–H groups in total. The lowest BCUT2D eigenvalue weighted by molar-refractivity contribution is 0.420. The molecule has 0 bridgehead atoms. The van der Waals surface area contributed by atoms with E-state index in [2.05, 4.69) is 5.32 Å². The molecule has 0 saturated heterocycles. The van der Waals surface area contributed by atoms with Crippen molar-refractivity contribution in [1.29, 1.82) is 0 Å². The maximum atomic E-state index is 6.22. The van der Waals surface area contributed by atoms with Crippen LogP contribution in [0.25, 0.3) is 11.3 Å². The maximum absolute atomic E-state index is 6.22. The van der Waals surface area contributed by atoms with Crippen molar-refractivity contribution in [2.45, 2.75) is 51.1 Å². The summed E-state index contributed by atoms with van der Waals surface area (Å²) in [6, 6.07) is 10.0. The predicted molar refractivity (Wildman–Crippen MR) is 99.7 cm³/mol. The molecule has 2 aromatic rings. The highest BCUT2D eigenvalue weighted by atomic mass is 35.5. The van der Waals surface area contributed by atoms with Crippen LogP contribution < -0.4 is 5.32 Å². The molecule has 1 aliphatic carbocycles. The zero-order valence-corrected chi connectivity index (χ0v) is 15.3. The van der Waals surface area contributed by atoms with Crippen LogP contribution in [0.5, 0.6) is 0 Å². The quantitative estimate of drug-likeness (QED) is 0.619. The summed E-state index contributed by atoms with van der Waals surface area (Å²) in [6.07, 6.45) is 7.95. The molecule has 1 fully saturated rings. The molecule has 23 heavy (non-hydrogen) atoms. The van der Waals surface area contributed by atoms with Crippen LogP contribution in [0, 0.1) is 0 Å². The van der Waals surface area contributed by atoms with Gasteiger partial charge in [0.1, 0.15) is 11.5 Å². The van der Waals surface area contributed by atoms with Gasteiger partial charge in [0.2, 0.25) is 0 Å². The van der Waals surface area contributed by atoms with E-state index in [4.69, 9.17) is 27.6 Å². The first kappa shape index (κ1) is 18.7. The molecule has 5 heteroatoms. The van der Waals surface area contributed by atoms with Gasteiger partial charge in [-0.25, -0.2) is 0 Å². The van der Waals surface area contributed by atoms with Crippen molar-refractivity contribution < 1.29 is 4.42 Å². The average molecular weight is 375 g/mol. The van der Waals surface area contributed by atoms with Crippen molar-refractivity contribution in [1.82, 2.24) is 5.32 Å². The van der Waals surface area contributed by atoms with Crippen molar-refractivity contribution in [3.8, 4) is 11.3 Å². The van der Waals surface area contributed by atoms with Crippen molar-refractivity contribution in [2.75, 3.05) is 0 Å². The third-order valence-corrected chi connectivity index (χ3v) is 4.84. The van der Waals surface area contributed by atoms with Gasteiger partial charge in [-0.05, 0) is 43.2 Å². The van der Waals surface area contributed by atoms with Crippen LogP contribution in [0.4, 0.5) is 0 Å². The van der Waals surface area contributed by atoms with Crippen LogP contribution in [0.1, 0.15) is 44.3 Å². The molecule has 0 unspecified atom stereocenters. The van der Waals surface area contributed by atoms with Crippen LogP contribution in [0.2, 0.25) is 10.0 Å². The van der Waals surface area contributed by atoms with Gasteiger partial charge in [0.25, 0.3) is 0 Å². The molecular formula is C18H22Cl3NO. The van der Waals surface area contributed by atoms with Gasteiger partial charge >= 0.3 is 0 Å².